The van der Waals surface area contributed by atoms with E-state index in [1.165, 1.54) is 6.42 Å². The van der Waals surface area contributed by atoms with E-state index < -0.39 is 0 Å². The molecule has 0 amide bonds. The number of anilines is 1. The van der Waals surface area contributed by atoms with Gasteiger partial charge in [0.25, 0.3) is 0 Å². The Kier molecular flexibility index (Phi) is 6.82. The Bertz CT molecular complexity index is 538. The van der Waals surface area contributed by atoms with Gasteiger partial charge in [-0.25, -0.2) is 4.98 Å². The molecular weight excluding hydrogens is 288 g/mol. The Balaban J connectivity index is 1.82. The molecule has 23 heavy (non-hydrogen) atoms. The highest BCUT2D eigenvalue weighted by molar-refractivity contribution is 5.52. The lowest BCUT2D eigenvalue weighted by molar-refractivity contribution is 0.120. The second kappa shape index (κ2) is 8.85. The molecule has 0 saturated carbocycles. The number of aliphatic hydroxyl groups excluding tert-OH is 1. The van der Waals surface area contributed by atoms with E-state index in [4.69, 9.17) is 0 Å². The Labute approximate surface area is 139 Å². The first kappa shape index (κ1) is 17.7. The smallest absolute Gasteiger partial charge is 0.144 e. The molecule has 1 fully saturated rings. The van der Waals surface area contributed by atoms with Gasteiger partial charge in [-0.15, -0.1) is 0 Å². The molecule has 2 N–H and O–H groups in total. The van der Waals surface area contributed by atoms with E-state index in [-0.39, 0.29) is 0 Å². The fraction of sp³-hybridized carbons (Fsp3) is 0.667. The molecule has 0 spiro atoms. The van der Waals surface area contributed by atoms with Gasteiger partial charge in [-0.3, -0.25) is 0 Å². The van der Waals surface area contributed by atoms with Gasteiger partial charge in [0.2, 0.25) is 0 Å². The molecule has 0 radical (unpaired) electrons. The highest BCUT2D eigenvalue weighted by atomic mass is 16.3. The van der Waals surface area contributed by atoms with Crippen molar-refractivity contribution in [3.05, 3.63) is 23.4 Å². The first-order valence-electron chi connectivity index (χ1n) is 8.62. The number of hydrogen-bond acceptors (Lipinski definition) is 5. The van der Waals surface area contributed by atoms with Crippen LogP contribution in [0, 0.1) is 17.2 Å². The molecule has 1 aliphatic rings. The van der Waals surface area contributed by atoms with Gasteiger partial charge in [-0.05, 0) is 56.3 Å². The number of aliphatic hydroxyl groups is 1. The molecule has 5 heteroatoms. The summed E-state index contributed by atoms with van der Waals surface area (Å²) in [7, 11) is 0. The number of aromatic nitrogens is 1. The van der Waals surface area contributed by atoms with Crippen LogP contribution in [0.2, 0.25) is 0 Å². The van der Waals surface area contributed by atoms with Crippen molar-refractivity contribution in [1.82, 2.24) is 9.88 Å². The number of pyridine rings is 1. The number of nitrogens with one attached hydrogen (secondary N) is 1. The van der Waals surface area contributed by atoms with Crippen molar-refractivity contribution in [2.75, 3.05) is 38.1 Å². The Hall–Kier alpha value is -1.64. The summed E-state index contributed by atoms with van der Waals surface area (Å²) in [4.78, 5) is 7.00. The van der Waals surface area contributed by atoms with Crippen LogP contribution in [0.25, 0.3) is 0 Å². The predicted molar refractivity (Wildman–Crippen MR) is 92.4 cm³/mol. The van der Waals surface area contributed by atoms with Gasteiger partial charge < -0.3 is 15.3 Å². The van der Waals surface area contributed by atoms with Crippen LogP contribution < -0.4 is 5.32 Å². The van der Waals surface area contributed by atoms with Gasteiger partial charge in [0, 0.05) is 25.4 Å². The van der Waals surface area contributed by atoms with Crippen LogP contribution in [0.5, 0.6) is 0 Å². The molecule has 1 aromatic rings. The third-order valence-electron chi connectivity index (χ3n) is 4.43. The first-order chi connectivity index (χ1) is 11.1. The van der Waals surface area contributed by atoms with Gasteiger partial charge in [-0.2, -0.15) is 5.26 Å². The van der Waals surface area contributed by atoms with Crippen LogP contribution >= 0.6 is 0 Å². The fourth-order valence-corrected chi connectivity index (χ4v) is 3.03. The minimum atomic E-state index is 0.298. The maximum Gasteiger partial charge on any atom is 0.144 e. The third-order valence-corrected chi connectivity index (χ3v) is 4.43. The molecular formula is C18H28N4O. The van der Waals surface area contributed by atoms with Crippen molar-refractivity contribution in [1.29, 1.82) is 5.26 Å². The SMILES string of the molecule is CC(C)c1ccc(C#N)c(NCCCN2CCC[C@H](CO)C2)n1. The van der Waals surface area contributed by atoms with E-state index in [9.17, 15) is 10.4 Å². The Morgan fingerprint density at radius 1 is 1.48 bits per heavy atom. The van der Waals surface area contributed by atoms with E-state index >= 15 is 0 Å². The van der Waals surface area contributed by atoms with Crippen LogP contribution in [0.15, 0.2) is 12.1 Å². The van der Waals surface area contributed by atoms with Gasteiger partial charge >= 0.3 is 0 Å². The molecule has 0 aliphatic carbocycles. The van der Waals surface area contributed by atoms with Crippen molar-refractivity contribution in [2.45, 2.75) is 39.0 Å². The molecule has 126 valence electrons. The summed E-state index contributed by atoms with van der Waals surface area (Å²) in [6, 6.07) is 5.98. The van der Waals surface area contributed by atoms with Crippen molar-refractivity contribution in [3.63, 3.8) is 0 Å². The monoisotopic (exact) mass is 316 g/mol. The second-order valence-corrected chi connectivity index (χ2v) is 6.67. The lowest BCUT2D eigenvalue weighted by Gasteiger charge is -2.31. The average Bonchev–Trinajstić information content (AvgIpc) is 2.58. The normalized spacial score (nSPS) is 18.8. The number of hydrogen-bond donors (Lipinski definition) is 2. The van der Waals surface area contributed by atoms with Crippen LogP contribution in [-0.2, 0) is 0 Å². The fourth-order valence-electron chi connectivity index (χ4n) is 3.03. The molecule has 2 rings (SSSR count). The topological polar surface area (TPSA) is 72.2 Å². The highest BCUT2D eigenvalue weighted by Gasteiger charge is 2.18. The summed E-state index contributed by atoms with van der Waals surface area (Å²) in [6.45, 7) is 8.46. The van der Waals surface area contributed by atoms with Crippen molar-refractivity contribution < 1.29 is 5.11 Å². The summed E-state index contributed by atoms with van der Waals surface area (Å²) < 4.78 is 0. The maximum atomic E-state index is 9.28. The summed E-state index contributed by atoms with van der Waals surface area (Å²) >= 11 is 0. The van der Waals surface area contributed by atoms with E-state index in [1.54, 1.807) is 0 Å². The van der Waals surface area contributed by atoms with Crippen molar-refractivity contribution in [3.8, 4) is 6.07 Å². The van der Waals surface area contributed by atoms with E-state index in [0.717, 1.165) is 44.7 Å². The van der Waals surface area contributed by atoms with Gasteiger partial charge in [-0.1, -0.05) is 13.8 Å². The highest BCUT2D eigenvalue weighted by Crippen LogP contribution is 2.19. The molecule has 0 aromatic carbocycles. The summed E-state index contributed by atoms with van der Waals surface area (Å²) in [5.41, 5.74) is 1.61. The van der Waals surface area contributed by atoms with Crippen LogP contribution in [0.1, 0.15) is 50.3 Å². The minimum Gasteiger partial charge on any atom is -0.396 e. The molecule has 1 aromatic heterocycles. The lowest BCUT2D eigenvalue weighted by atomic mass is 9.99. The number of piperidine rings is 1. The van der Waals surface area contributed by atoms with Gasteiger partial charge in [0.05, 0.1) is 5.56 Å². The molecule has 1 aliphatic heterocycles. The zero-order valence-corrected chi connectivity index (χ0v) is 14.3. The van der Waals surface area contributed by atoms with Crippen LogP contribution in [0.4, 0.5) is 5.82 Å². The lowest BCUT2D eigenvalue weighted by Crippen LogP contribution is -2.37. The maximum absolute atomic E-state index is 9.28. The number of nitrogens with zero attached hydrogens (tertiary/aromatic N) is 3. The number of rotatable bonds is 7. The summed E-state index contributed by atoms with van der Waals surface area (Å²) in [6.07, 6.45) is 3.33. The van der Waals surface area contributed by atoms with Crippen molar-refractivity contribution in [2.24, 2.45) is 5.92 Å². The predicted octanol–water partition coefficient (Wildman–Crippen LogP) is 2.58. The molecule has 5 nitrogen and oxygen atoms in total. The molecule has 1 atom stereocenters. The van der Waals surface area contributed by atoms with Crippen LogP contribution in [0.3, 0.4) is 0 Å². The van der Waals surface area contributed by atoms with Gasteiger partial charge in [0.1, 0.15) is 11.9 Å². The molecule has 1 saturated heterocycles. The standard InChI is InChI=1S/C18H28N4O/c1-14(2)17-7-6-16(11-19)18(21-17)20-8-4-10-22-9-3-5-15(12-22)13-23/h6-7,14-15,23H,3-5,8-10,12-13H2,1-2H3,(H,20,21)/t15-/m0/s1. The molecule has 0 bridgehead atoms. The van der Waals surface area contributed by atoms with Gasteiger partial charge in [0.15, 0.2) is 0 Å². The van der Waals surface area contributed by atoms with Crippen LogP contribution in [-0.4, -0.2) is 47.8 Å². The summed E-state index contributed by atoms with van der Waals surface area (Å²) in [5, 5.41) is 21.8. The molecule has 0 unspecified atom stereocenters. The third kappa shape index (κ3) is 5.19. The quantitative estimate of drug-likeness (QED) is 0.757. The average molecular weight is 316 g/mol. The number of likely N-dealkylation sites (tertiary alicyclic amines) is 1. The van der Waals surface area contributed by atoms with E-state index in [2.05, 4.69) is 35.1 Å². The van der Waals surface area contributed by atoms with E-state index in [1.807, 2.05) is 12.1 Å². The number of nitriles is 1. The van der Waals surface area contributed by atoms with Crippen molar-refractivity contribution >= 4 is 5.82 Å². The Morgan fingerprint density at radius 3 is 3.00 bits per heavy atom. The van der Waals surface area contributed by atoms with E-state index in [0.29, 0.717) is 29.8 Å². The first-order valence-corrected chi connectivity index (χ1v) is 8.62. The Morgan fingerprint density at radius 2 is 2.30 bits per heavy atom. The zero-order valence-electron chi connectivity index (χ0n) is 14.3. The largest absolute Gasteiger partial charge is 0.396 e. The minimum absolute atomic E-state index is 0.298. The summed E-state index contributed by atoms with van der Waals surface area (Å²) in [5.74, 6) is 1.49. The molecule has 2 heterocycles. The second-order valence-electron chi connectivity index (χ2n) is 6.67. The zero-order chi connectivity index (χ0) is 16.7.